The molecule has 3 rings (SSSR count). The van der Waals surface area contributed by atoms with Gasteiger partial charge in [0.1, 0.15) is 10.6 Å². The van der Waals surface area contributed by atoms with Crippen molar-refractivity contribution in [3.8, 4) is 0 Å². The maximum atomic E-state index is 11.1. The van der Waals surface area contributed by atoms with Crippen molar-refractivity contribution in [3.05, 3.63) is 72.0 Å². The van der Waals surface area contributed by atoms with Gasteiger partial charge in [-0.1, -0.05) is 24.3 Å². The molecule has 2 heterocycles. The highest BCUT2D eigenvalue weighted by molar-refractivity contribution is 7.18. The lowest BCUT2D eigenvalue weighted by Crippen LogP contribution is -2.26. The highest BCUT2D eigenvalue weighted by Crippen LogP contribution is 2.37. The molecule has 1 aromatic carbocycles. The largest absolute Gasteiger partial charge is 0.377 e. The number of thiazole rings is 1. The van der Waals surface area contributed by atoms with E-state index < -0.39 is 5.60 Å². The zero-order valence-corrected chi connectivity index (χ0v) is 11.7. The van der Waals surface area contributed by atoms with Crippen LogP contribution in [-0.2, 0) is 5.60 Å². The van der Waals surface area contributed by atoms with E-state index >= 15 is 0 Å². The molecular formula is C16H14N2OS. The van der Waals surface area contributed by atoms with Crippen LogP contribution in [0.2, 0.25) is 0 Å². The summed E-state index contributed by atoms with van der Waals surface area (Å²) in [5, 5.41) is 11.8. The van der Waals surface area contributed by atoms with Gasteiger partial charge in [-0.3, -0.25) is 4.98 Å². The summed E-state index contributed by atoms with van der Waals surface area (Å²) in [6.45, 7) is 3.75. The van der Waals surface area contributed by atoms with E-state index in [0.29, 0.717) is 11.4 Å². The summed E-state index contributed by atoms with van der Waals surface area (Å²) in [5.41, 5.74) is 0.470. The van der Waals surface area contributed by atoms with Crippen molar-refractivity contribution in [2.45, 2.75) is 12.0 Å². The van der Waals surface area contributed by atoms with Crippen molar-refractivity contribution in [3.63, 3.8) is 0 Å². The van der Waals surface area contributed by atoms with E-state index in [1.54, 1.807) is 18.5 Å². The Morgan fingerprint density at radius 3 is 2.80 bits per heavy atom. The maximum absolute atomic E-state index is 11.1. The fourth-order valence-corrected chi connectivity index (χ4v) is 3.28. The quantitative estimate of drug-likeness (QED) is 0.745. The molecule has 20 heavy (non-hydrogen) atoms. The average molecular weight is 282 g/mol. The molecule has 0 spiro atoms. The lowest BCUT2D eigenvalue weighted by Gasteiger charge is -2.24. The summed E-state index contributed by atoms with van der Waals surface area (Å²) in [5.74, 6) is 0. The maximum Gasteiger partial charge on any atom is 0.146 e. The lowest BCUT2D eigenvalue weighted by atomic mass is 9.92. The van der Waals surface area contributed by atoms with E-state index in [-0.39, 0.29) is 0 Å². The molecule has 1 N–H and O–H groups in total. The Hall–Kier alpha value is -2.04. The summed E-state index contributed by atoms with van der Waals surface area (Å²) in [6, 6.07) is 11.6. The van der Waals surface area contributed by atoms with Crippen LogP contribution < -0.4 is 0 Å². The highest BCUT2D eigenvalue weighted by atomic mass is 32.1. The van der Waals surface area contributed by atoms with Gasteiger partial charge in [0, 0.05) is 24.4 Å². The fourth-order valence-electron chi connectivity index (χ4n) is 2.19. The van der Waals surface area contributed by atoms with E-state index in [1.165, 1.54) is 11.3 Å². The van der Waals surface area contributed by atoms with E-state index in [4.69, 9.17) is 0 Å². The topological polar surface area (TPSA) is 46.0 Å². The molecule has 0 aliphatic heterocycles. The van der Waals surface area contributed by atoms with Gasteiger partial charge >= 0.3 is 0 Å². The van der Waals surface area contributed by atoms with E-state index in [2.05, 4.69) is 16.5 Å². The monoisotopic (exact) mass is 282 g/mol. The fraction of sp³-hybridized carbons (Fsp3) is 0.125. The van der Waals surface area contributed by atoms with Crippen LogP contribution in [0, 0.1) is 0 Å². The van der Waals surface area contributed by atoms with Crippen LogP contribution >= 0.6 is 11.3 Å². The molecule has 100 valence electrons. The molecule has 0 bridgehead atoms. The highest BCUT2D eigenvalue weighted by Gasteiger charge is 2.34. The first-order valence-corrected chi connectivity index (χ1v) is 7.15. The number of aromatic nitrogens is 2. The average Bonchev–Trinajstić information content (AvgIpc) is 2.93. The van der Waals surface area contributed by atoms with Gasteiger partial charge in [-0.25, -0.2) is 4.98 Å². The summed E-state index contributed by atoms with van der Waals surface area (Å²) >= 11 is 1.50. The smallest absolute Gasteiger partial charge is 0.146 e. The standard InChI is InChI=1S/C16H14N2OS/c1-2-9-16(19,12-6-5-10-17-11-12)15-18-13-7-3-4-8-14(13)20-15/h2-8,10-11,19H,1,9H2. The van der Waals surface area contributed by atoms with Gasteiger partial charge in [0.25, 0.3) is 0 Å². The number of hydrogen-bond acceptors (Lipinski definition) is 4. The normalized spacial score (nSPS) is 14.1. The first-order valence-electron chi connectivity index (χ1n) is 6.34. The molecular weight excluding hydrogens is 268 g/mol. The minimum absolute atomic E-state index is 0.401. The Bertz CT molecular complexity index is 705. The Morgan fingerprint density at radius 2 is 2.10 bits per heavy atom. The second kappa shape index (κ2) is 5.15. The minimum atomic E-state index is -1.17. The third-order valence-electron chi connectivity index (χ3n) is 3.23. The van der Waals surface area contributed by atoms with Crippen molar-refractivity contribution in [2.75, 3.05) is 0 Å². The number of nitrogens with zero attached hydrogens (tertiary/aromatic N) is 2. The van der Waals surface area contributed by atoms with Gasteiger partial charge in [-0.15, -0.1) is 17.9 Å². The molecule has 1 atom stereocenters. The molecule has 0 aliphatic rings. The van der Waals surface area contributed by atoms with Crippen LogP contribution in [0.15, 0.2) is 61.4 Å². The van der Waals surface area contributed by atoms with Crippen LogP contribution in [-0.4, -0.2) is 15.1 Å². The first-order chi connectivity index (χ1) is 9.74. The van der Waals surface area contributed by atoms with Crippen LogP contribution in [0.5, 0.6) is 0 Å². The summed E-state index contributed by atoms with van der Waals surface area (Å²) in [6.07, 6.45) is 5.48. The number of benzene rings is 1. The van der Waals surface area contributed by atoms with E-state index in [0.717, 1.165) is 15.8 Å². The number of para-hydroxylation sites is 1. The molecule has 0 aliphatic carbocycles. The molecule has 4 heteroatoms. The van der Waals surface area contributed by atoms with Crippen molar-refractivity contribution in [1.29, 1.82) is 0 Å². The van der Waals surface area contributed by atoms with Gasteiger partial charge in [-0.05, 0) is 18.2 Å². The Labute approximate surface area is 121 Å². The van der Waals surface area contributed by atoms with Crippen LogP contribution in [0.1, 0.15) is 17.0 Å². The third kappa shape index (κ3) is 2.13. The SMILES string of the molecule is C=CCC(O)(c1cccnc1)c1nc2ccccc2s1. The number of pyridine rings is 1. The van der Waals surface area contributed by atoms with Gasteiger partial charge in [0.15, 0.2) is 0 Å². The number of fused-ring (bicyclic) bond motifs is 1. The van der Waals surface area contributed by atoms with Crippen LogP contribution in [0.3, 0.4) is 0 Å². The minimum Gasteiger partial charge on any atom is -0.377 e. The van der Waals surface area contributed by atoms with E-state index in [9.17, 15) is 5.11 Å². The Balaban J connectivity index is 2.17. The lowest BCUT2D eigenvalue weighted by molar-refractivity contribution is 0.0837. The molecule has 0 saturated carbocycles. The molecule has 0 amide bonds. The second-order valence-corrected chi connectivity index (χ2v) is 5.61. The van der Waals surface area contributed by atoms with Crippen molar-refractivity contribution < 1.29 is 5.11 Å². The van der Waals surface area contributed by atoms with Gasteiger partial charge in [0.05, 0.1) is 10.2 Å². The van der Waals surface area contributed by atoms with Crippen LogP contribution in [0.4, 0.5) is 0 Å². The summed E-state index contributed by atoms with van der Waals surface area (Å²) in [7, 11) is 0. The van der Waals surface area contributed by atoms with Crippen LogP contribution in [0.25, 0.3) is 10.2 Å². The third-order valence-corrected chi connectivity index (χ3v) is 4.41. The van der Waals surface area contributed by atoms with Crippen molar-refractivity contribution in [2.24, 2.45) is 0 Å². The molecule has 1 unspecified atom stereocenters. The molecule has 0 saturated heterocycles. The first kappa shape index (κ1) is 13.0. The van der Waals surface area contributed by atoms with Crippen molar-refractivity contribution in [1.82, 2.24) is 9.97 Å². The molecule has 0 fully saturated rings. The second-order valence-electron chi connectivity index (χ2n) is 4.58. The van der Waals surface area contributed by atoms with Gasteiger partial charge in [-0.2, -0.15) is 0 Å². The predicted molar refractivity (Wildman–Crippen MR) is 81.7 cm³/mol. The molecule has 3 aromatic rings. The predicted octanol–water partition coefficient (Wildman–Crippen LogP) is 3.50. The molecule has 3 nitrogen and oxygen atoms in total. The number of rotatable bonds is 4. The molecule has 0 radical (unpaired) electrons. The van der Waals surface area contributed by atoms with E-state index in [1.807, 2.05) is 36.4 Å². The molecule has 2 aromatic heterocycles. The Morgan fingerprint density at radius 1 is 1.25 bits per heavy atom. The van der Waals surface area contributed by atoms with Gasteiger partial charge in [0.2, 0.25) is 0 Å². The summed E-state index contributed by atoms with van der Waals surface area (Å²) < 4.78 is 1.06. The Kier molecular flexibility index (Phi) is 3.34. The zero-order valence-electron chi connectivity index (χ0n) is 10.9. The van der Waals surface area contributed by atoms with Gasteiger partial charge < -0.3 is 5.11 Å². The zero-order chi connectivity index (χ0) is 14.0. The van der Waals surface area contributed by atoms with Crippen molar-refractivity contribution >= 4 is 21.6 Å². The number of aliphatic hydroxyl groups is 1. The summed E-state index contributed by atoms with van der Waals surface area (Å²) in [4.78, 5) is 8.67. The number of hydrogen-bond donors (Lipinski definition) is 1.